The Bertz CT molecular complexity index is 662. The number of hydrogen-bond donors (Lipinski definition) is 7. The molecule has 12 heteroatoms. The van der Waals surface area contributed by atoms with Gasteiger partial charge in [-0.15, -0.1) is 0 Å². The Hall–Kier alpha value is -2.99. The molecule has 0 spiro atoms. The molecule has 0 saturated carbocycles. The molecule has 0 aliphatic carbocycles. The van der Waals surface area contributed by atoms with E-state index in [0.717, 1.165) is 0 Å². The molecule has 150 valence electrons. The van der Waals surface area contributed by atoms with Crippen molar-refractivity contribution in [2.24, 2.45) is 11.5 Å². The molecule has 0 unspecified atom stereocenters. The number of nitrogens with one attached hydrogen (secondary N) is 3. The normalized spacial score (nSPS) is 15.2. The lowest BCUT2D eigenvalue weighted by atomic mass is 10.1. The minimum absolute atomic E-state index is 0.0216. The molecule has 12 nitrogen and oxygen atoms in total. The van der Waals surface area contributed by atoms with E-state index in [1.807, 2.05) is 0 Å². The number of primary amides is 1. The van der Waals surface area contributed by atoms with Crippen molar-refractivity contribution in [3.05, 3.63) is 18.2 Å². The summed E-state index contributed by atoms with van der Waals surface area (Å²) in [6, 6.07) is -3.82. The number of nitrogens with two attached hydrogens (primary N) is 2. The zero-order valence-corrected chi connectivity index (χ0v) is 14.7. The van der Waals surface area contributed by atoms with Gasteiger partial charge in [-0.2, -0.15) is 0 Å². The highest BCUT2D eigenvalue weighted by Crippen LogP contribution is 2.03. The van der Waals surface area contributed by atoms with E-state index < -0.39 is 47.9 Å². The first kappa shape index (κ1) is 22.1. The number of amides is 3. The van der Waals surface area contributed by atoms with E-state index in [1.165, 1.54) is 19.4 Å². The average molecular weight is 384 g/mol. The number of aromatic amines is 1. The molecule has 1 rings (SSSR count). The largest absolute Gasteiger partial charge is 0.480 e. The van der Waals surface area contributed by atoms with Crippen molar-refractivity contribution in [1.82, 2.24) is 20.6 Å². The van der Waals surface area contributed by atoms with Gasteiger partial charge in [0, 0.05) is 24.7 Å². The number of nitrogens with zero attached hydrogens (tertiary/aromatic N) is 1. The van der Waals surface area contributed by atoms with Crippen LogP contribution in [0.15, 0.2) is 12.5 Å². The van der Waals surface area contributed by atoms with Crippen LogP contribution in [0.2, 0.25) is 0 Å². The van der Waals surface area contributed by atoms with Gasteiger partial charge in [0.05, 0.1) is 12.4 Å². The van der Waals surface area contributed by atoms with E-state index in [1.54, 1.807) is 0 Å². The van der Waals surface area contributed by atoms with Gasteiger partial charge in [0.2, 0.25) is 17.7 Å². The summed E-state index contributed by atoms with van der Waals surface area (Å²) in [5.74, 6) is -3.64. The lowest BCUT2D eigenvalue weighted by Crippen LogP contribution is -2.57. The highest BCUT2D eigenvalue weighted by molar-refractivity contribution is 5.92. The number of carbonyl (C=O) groups is 4. The molecule has 4 atom stereocenters. The second kappa shape index (κ2) is 10.2. The third-order valence-corrected chi connectivity index (χ3v) is 3.73. The number of aliphatic carboxylic acids is 1. The molecular formula is C15H24N6O6. The van der Waals surface area contributed by atoms with Crippen LogP contribution in [-0.2, 0) is 25.6 Å². The number of H-pyrrole nitrogens is 1. The van der Waals surface area contributed by atoms with Crippen LogP contribution in [0.3, 0.4) is 0 Å². The fourth-order valence-electron chi connectivity index (χ4n) is 2.13. The number of carboxylic acids is 1. The smallest absolute Gasteiger partial charge is 0.326 e. The second-order valence-corrected chi connectivity index (χ2v) is 6.01. The first-order valence-electron chi connectivity index (χ1n) is 8.14. The van der Waals surface area contributed by atoms with Gasteiger partial charge in [0.15, 0.2) is 0 Å². The molecule has 0 aromatic carbocycles. The summed E-state index contributed by atoms with van der Waals surface area (Å²) in [4.78, 5) is 53.3. The van der Waals surface area contributed by atoms with E-state index in [0.29, 0.717) is 5.69 Å². The lowest BCUT2D eigenvalue weighted by molar-refractivity contribution is -0.142. The van der Waals surface area contributed by atoms with Gasteiger partial charge >= 0.3 is 5.97 Å². The van der Waals surface area contributed by atoms with Crippen LogP contribution in [0, 0.1) is 0 Å². The molecule has 0 radical (unpaired) electrons. The van der Waals surface area contributed by atoms with Crippen molar-refractivity contribution in [1.29, 1.82) is 0 Å². The fraction of sp³-hybridized carbons (Fsp3) is 0.533. The van der Waals surface area contributed by atoms with Crippen molar-refractivity contribution >= 4 is 23.7 Å². The Kier molecular flexibility index (Phi) is 8.35. The van der Waals surface area contributed by atoms with Gasteiger partial charge in [-0.3, -0.25) is 14.4 Å². The van der Waals surface area contributed by atoms with Crippen molar-refractivity contribution in [2.75, 3.05) is 0 Å². The molecule has 9 N–H and O–H groups in total. The molecule has 0 aliphatic heterocycles. The van der Waals surface area contributed by atoms with Gasteiger partial charge in [0.25, 0.3) is 0 Å². The molecule has 3 amide bonds. The summed E-state index contributed by atoms with van der Waals surface area (Å²) in [5, 5.41) is 23.2. The van der Waals surface area contributed by atoms with Crippen molar-refractivity contribution in [2.45, 2.75) is 50.4 Å². The quantitative estimate of drug-likeness (QED) is 0.208. The fourth-order valence-corrected chi connectivity index (χ4v) is 2.13. The summed E-state index contributed by atoms with van der Waals surface area (Å²) in [5.41, 5.74) is 11.1. The van der Waals surface area contributed by atoms with Crippen molar-refractivity contribution in [3.63, 3.8) is 0 Å². The molecule has 0 saturated heterocycles. The second-order valence-electron chi connectivity index (χ2n) is 6.01. The van der Waals surface area contributed by atoms with E-state index in [2.05, 4.69) is 20.6 Å². The van der Waals surface area contributed by atoms with Crippen molar-refractivity contribution in [3.8, 4) is 0 Å². The number of aliphatic hydroxyl groups is 1. The number of rotatable bonds is 11. The summed E-state index contributed by atoms with van der Waals surface area (Å²) < 4.78 is 0. The number of carboxylic acid groups (broad SMARTS) is 1. The van der Waals surface area contributed by atoms with Crippen LogP contribution in [0.4, 0.5) is 0 Å². The van der Waals surface area contributed by atoms with Crippen LogP contribution in [0.25, 0.3) is 0 Å². The highest BCUT2D eigenvalue weighted by atomic mass is 16.4. The van der Waals surface area contributed by atoms with Crippen LogP contribution in [-0.4, -0.2) is 68.1 Å². The third kappa shape index (κ3) is 7.42. The lowest BCUT2D eigenvalue weighted by Gasteiger charge is -2.23. The molecule has 1 heterocycles. The van der Waals surface area contributed by atoms with E-state index >= 15 is 0 Å². The zero-order chi connectivity index (χ0) is 20.6. The van der Waals surface area contributed by atoms with Gasteiger partial charge < -0.3 is 37.3 Å². The Morgan fingerprint density at radius 1 is 1.22 bits per heavy atom. The van der Waals surface area contributed by atoms with E-state index in [4.69, 9.17) is 11.5 Å². The summed E-state index contributed by atoms with van der Waals surface area (Å²) in [6.45, 7) is 1.32. The van der Waals surface area contributed by atoms with E-state index in [9.17, 15) is 29.4 Å². The maximum atomic E-state index is 12.5. The SMILES string of the molecule is C[C@@H](O)[C@H](N)C(=O)N[C@@H](Cc1cnc[nH]1)C(=O)N[C@@H](CCC(N)=O)C(=O)O. The highest BCUT2D eigenvalue weighted by Gasteiger charge is 2.29. The standard InChI is InChI=1S/C15H24N6O6/c1-7(22)12(17)14(25)21-10(4-8-5-18-6-19-8)13(24)20-9(15(26)27)2-3-11(16)23/h5-7,9-10,12,22H,2-4,17H2,1H3,(H2,16,23)(H,18,19)(H,20,24)(H,21,25)(H,26,27)/t7-,9+,10+,12+/m1/s1. The van der Waals surface area contributed by atoms with Gasteiger partial charge in [0.1, 0.15) is 18.1 Å². The maximum absolute atomic E-state index is 12.5. The number of aromatic nitrogens is 2. The first-order chi connectivity index (χ1) is 12.6. The minimum atomic E-state index is -1.36. The molecule has 1 aromatic rings. The molecule has 0 bridgehead atoms. The summed E-state index contributed by atoms with van der Waals surface area (Å²) in [6.07, 6.45) is 1.20. The Labute approximate surface area is 154 Å². The summed E-state index contributed by atoms with van der Waals surface area (Å²) >= 11 is 0. The molecule has 0 fully saturated rings. The van der Waals surface area contributed by atoms with Crippen molar-refractivity contribution < 1.29 is 29.4 Å². The Balaban J connectivity index is 2.88. The van der Waals surface area contributed by atoms with Gasteiger partial charge in [-0.05, 0) is 13.3 Å². The van der Waals surface area contributed by atoms with Crippen LogP contribution in [0.1, 0.15) is 25.5 Å². The predicted molar refractivity (Wildman–Crippen MR) is 91.9 cm³/mol. The predicted octanol–water partition coefficient (Wildman–Crippen LogP) is -3.02. The number of carbonyl (C=O) groups excluding carboxylic acids is 3. The number of aliphatic hydroxyl groups excluding tert-OH is 1. The zero-order valence-electron chi connectivity index (χ0n) is 14.7. The average Bonchev–Trinajstić information content (AvgIpc) is 3.09. The molecular weight excluding hydrogens is 360 g/mol. The van der Waals surface area contributed by atoms with Crippen LogP contribution >= 0.6 is 0 Å². The maximum Gasteiger partial charge on any atom is 0.326 e. The summed E-state index contributed by atoms with van der Waals surface area (Å²) in [7, 11) is 0. The first-order valence-corrected chi connectivity index (χ1v) is 8.14. The monoisotopic (exact) mass is 384 g/mol. The third-order valence-electron chi connectivity index (χ3n) is 3.73. The number of hydrogen-bond acceptors (Lipinski definition) is 7. The Morgan fingerprint density at radius 2 is 1.85 bits per heavy atom. The van der Waals surface area contributed by atoms with Crippen LogP contribution in [0.5, 0.6) is 0 Å². The minimum Gasteiger partial charge on any atom is -0.480 e. The van der Waals surface area contributed by atoms with E-state index in [-0.39, 0.29) is 19.3 Å². The molecule has 0 aliphatic rings. The number of imidazole rings is 1. The van der Waals surface area contributed by atoms with Gasteiger partial charge in [-0.25, -0.2) is 9.78 Å². The molecule has 27 heavy (non-hydrogen) atoms. The topological polar surface area (TPSA) is 214 Å². The Morgan fingerprint density at radius 3 is 2.33 bits per heavy atom. The van der Waals surface area contributed by atoms with Gasteiger partial charge in [-0.1, -0.05) is 0 Å². The molecule has 1 aromatic heterocycles. The van der Waals surface area contributed by atoms with Crippen LogP contribution < -0.4 is 22.1 Å².